The summed E-state index contributed by atoms with van der Waals surface area (Å²) in [4.78, 5) is 33.1. The zero-order valence-corrected chi connectivity index (χ0v) is 15.5. The van der Waals surface area contributed by atoms with Crippen molar-refractivity contribution in [2.24, 2.45) is 10.9 Å². The second-order valence-electron chi connectivity index (χ2n) is 6.35. The Kier molecular flexibility index (Phi) is 7.30. The number of carbonyl (C=O) groups is 2. The van der Waals surface area contributed by atoms with Gasteiger partial charge in [-0.05, 0) is 38.1 Å². The van der Waals surface area contributed by atoms with Gasteiger partial charge in [-0.15, -0.1) is 0 Å². The van der Waals surface area contributed by atoms with E-state index in [4.69, 9.17) is 12.2 Å². The number of nitrogens with zero attached hydrogens (tertiary/aromatic N) is 3. The average molecular weight is 353 g/mol. The van der Waals surface area contributed by atoms with Crippen LogP contribution in [0.15, 0.2) is 4.99 Å². The van der Waals surface area contributed by atoms with Crippen LogP contribution in [0.1, 0.15) is 46.0 Å². The fraction of sp³-hybridized carbons (Fsp3) is 0.765. The van der Waals surface area contributed by atoms with E-state index in [1.807, 2.05) is 0 Å². The van der Waals surface area contributed by atoms with Crippen molar-refractivity contribution in [1.82, 2.24) is 15.1 Å². The minimum absolute atomic E-state index is 0.117. The standard InChI is InChI=1S/C17H28N4O2S/c1-3-20(4-2)11-10-18-12-14-15(22)19-17(24)21(16(14)23)13-8-6-5-7-9-13/h12-14H,3-11H2,1-2H3,(H,19,22,24). The Bertz CT molecular complexity index is 499. The van der Waals surface area contributed by atoms with Crippen molar-refractivity contribution in [2.75, 3.05) is 26.2 Å². The van der Waals surface area contributed by atoms with Gasteiger partial charge in [0.05, 0.1) is 6.54 Å². The molecule has 0 aromatic rings. The molecule has 1 heterocycles. The molecular formula is C17H28N4O2S. The van der Waals surface area contributed by atoms with E-state index in [1.165, 1.54) is 12.6 Å². The molecule has 134 valence electrons. The highest BCUT2D eigenvalue weighted by Crippen LogP contribution is 2.25. The van der Waals surface area contributed by atoms with E-state index >= 15 is 0 Å². The zero-order valence-electron chi connectivity index (χ0n) is 14.7. The van der Waals surface area contributed by atoms with Crippen molar-refractivity contribution in [1.29, 1.82) is 0 Å². The van der Waals surface area contributed by atoms with Gasteiger partial charge in [-0.25, -0.2) is 0 Å². The quantitative estimate of drug-likeness (QED) is 0.429. The Morgan fingerprint density at radius 3 is 2.54 bits per heavy atom. The van der Waals surface area contributed by atoms with Gasteiger partial charge < -0.3 is 10.2 Å². The third-order valence-electron chi connectivity index (χ3n) is 4.87. The van der Waals surface area contributed by atoms with Crippen molar-refractivity contribution in [3.05, 3.63) is 0 Å². The first kappa shape index (κ1) is 19.0. The van der Waals surface area contributed by atoms with E-state index in [2.05, 4.69) is 29.1 Å². The number of thiocarbonyl (C=S) groups is 1. The molecule has 1 saturated heterocycles. The van der Waals surface area contributed by atoms with Gasteiger partial charge in [0.2, 0.25) is 11.8 Å². The molecule has 1 unspecified atom stereocenters. The van der Waals surface area contributed by atoms with Crippen LogP contribution in [0.3, 0.4) is 0 Å². The Morgan fingerprint density at radius 2 is 1.92 bits per heavy atom. The molecule has 0 radical (unpaired) electrons. The zero-order chi connectivity index (χ0) is 17.5. The highest BCUT2D eigenvalue weighted by Gasteiger charge is 2.40. The monoisotopic (exact) mass is 352 g/mol. The lowest BCUT2D eigenvalue weighted by Gasteiger charge is -2.38. The molecule has 1 aliphatic carbocycles. The van der Waals surface area contributed by atoms with Crippen LogP contribution in [0.25, 0.3) is 0 Å². The molecule has 1 atom stereocenters. The molecule has 0 spiro atoms. The molecule has 0 aromatic heterocycles. The summed E-state index contributed by atoms with van der Waals surface area (Å²) in [5.41, 5.74) is 0. The van der Waals surface area contributed by atoms with Crippen LogP contribution < -0.4 is 5.32 Å². The summed E-state index contributed by atoms with van der Waals surface area (Å²) in [5, 5.41) is 2.93. The second-order valence-corrected chi connectivity index (χ2v) is 6.74. The third kappa shape index (κ3) is 4.60. The van der Waals surface area contributed by atoms with Crippen LogP contribution in [-0.4, -0.2) is 65.2 Å². The van der Waals surface area contributed by atoms with Gasteiger partial charge in [-0.1, -0.05) is 33.1 Å². The first-order valence-corrected chi connectivity index (χ1v) is 9.39. The van der Waals surface area contributed by atoms with Crippen LogP contribution in [0.5, 0.6) is 0 Å². The molecule has 1 aliphatic heterocycles. The lowest BCUT2D eigenvalue weighted by molar-refractivity contribution is -0.139. The highest BCUT2D eigenvalue weighted by molar-refractivity contribution is 7.80. The molecule has 2 amide bonds. The summed E-state index contributed by atoms with van der Waals surface area (Å²) < 4.78 is 0. The van der Waals surface area contributed by atoms with Crippen LogP contribution >= 0.6 is 12.2 Å². The summed E-state index contributed by atoms with van der Waals surface area (Å²) in [5.74, 6) is -1.43. The van der Waals surface area contributed by atoms with Crippen molar-refractivity contribution in [3.8, 4) is 0 Å². The molecule has 1 N–H and O–H groups in total. The third-order valence-corrected chi connectivity index (χ3v) is 5.17. The summed E-state index contributed by atoms with van der Waals surface area (Å²) in [6.07, 6.45) is 6.81. The van der Waals surface area contributed by atoms with E-state index in [1.54, 1.807) is 4.90 Å². The molecule has 2 rings (SSSR count). The maximum atomic E-state index is 12.8. The second kappa shape index (κ2) is 9.22. The average Bonchev–Trinajstić information content (AvgIpc) is 2.58. The molecule has 1 saturated carbocycles. The van der Waals surface area contributed by atoms with Crippen molar-refractivity contribution >= 4 is 35.4 Å². The first-order valence-electron chi connectivity index (χ1n) is 8.98. The van der Waals surface area contributed by atoms with E-state index in [0.29, 0.717) is 6.54 Å². The SMILES string of the molecule is CCN(CC)CCN=CC1C(=O)NC(=S)N(C2CCCCC2)C1=O. The van der Waals surface area contributed by atoms with E-state index in [9.17, 15) is 9.59 Å². The van der Waals surface area contributed by atoms with Gasteiger partial charge in [-0.2, -0.15) is 0 Å². The van der Waals surface area contributed by atoms with Gasteiger partial charge in [0.15, 0.2) is 11.0 Å². The summed E-state index contributed by atoms with van der Waals surface area (Å²) in [7, 11) is 0. The maximum Gasteiger partial charge on any atom is 0.247 e. The van der Waals surface area contributed by atoms with E-state index < -0.39 is 5.92 Å². The number of rotatable bonds is 7. The van der Waals surface area contributed by atoms with Crippen molar-refractivity contribution < 1.29 is 9.59 Å². The van der Waals surface area contributed by atoms with Crippen LogP contribution in [0.2, 0.25) is 0 Å². The number of amides is 2. The van der Waals surface area contributed by atoms with Gasteiger partial charge >= 0.3 is 0 Å². The Hall–Kier alpha value is -1.34. The lowest BCUT2D eigenvalue weighted by atomic mass is 9.92. The number of aliphatic imine (C=N–C) groups is 1. The molecule has 6 nitrogen and oxygen atoms in total. The Labute approximate surface area is 149 Å². The molecule has 0 bridgehead atoms. The Morgan fingerprint density at radius 1 is 1.25 bits per heavy atom. The van der Waals surface area contributed by atoms with E-state index in [-0.39, 0.29) is 23.0 Å². The fourth-order valence-electron chi connectivity index (χ4n) is 3.34. The lowest BCUT2D eigenvalue weighted by Crippen LogP contribution is -2.61. The summed E-state index contributed by atoms with van der Waals surface area (Å²) in [6, 6.07) is 0.117. The Balaban J connectivity index is 1.99. The topological polar surface area (TPSA) is 65.0 Å². The van der Waals surface area contributed by atoms with Crippen LogP contribution in [0, 0.1) is 5.92 Å². The predicted molar refractivity (Wildman–Crippen MR) is 99.1 cm³/mol. The van der Waals surface area contributed by atoms with Gasteiger partial charge in [0.1, 0.15) is 0 Å². The van der Waals surface area contributed by atoms with Crippen LogP contribution in [-0.2, 0) is 9.59 Å². The fourth-order valence-corrected chi connectivity index (χ4v) is 3.68. The summed E-state index contributed by atoms with van der Waals surface area (Å²) >= 11 is 5.24. The normalized spacial score (nSPS) is 23.4. The molecule has 24 heavy (non-hydrogen) atoms. The predicted octanol–water partition coefficient (Wildman–Crippen LogP) is 1.59. The van der Waals surface area contributed by atoms with Crippen LogP contribution in [0.4, 0.5) is 0 Å². The minimum atomic E-state index is -0.852. The molecule has 7 heteroatoms. The van der Waals surface area contributed by atoms with Gasteiger partial charge in [0, 0.05) is 18.8 Å². The summed E-state index contributed by atoms with van der Waals surface area (Å²) in [6.45, 7) is 7.57. The molecule has 0 aromatic carbocycles. The minimum Gasteiger partial charge on any atom is -0.302 e. The first-order chi connectivity index (χ1) is 11.6. The van der Waals surface area contributed by atoms with E-state index in [0.717, 1.165) is 45.3 Å². The molecule has 2 aliphatic rings. The largest absolute Gasteiger partial charge is 0.302 e. The number of hydrogen-bond donors (Lipinski definition) is 1. The molecule has 2 fully saturated rings. The highest BCUT2D eigenvalue weighted by atomic mass is 32.1. The number of hydrogen-bond acceptors (Lipinski definition) is 5. The van der Waals surface area contributed by atoms with Crippen molar-refractivity contribution in [2.45, 2.75) is 52.0 Å². The number of carbonyl (C=O) groups excluding carboxylic acids is 2. The van der Waals surface area contributed by atoms with Crippen molar-refractivity contribution in [3.63, 3.8) is 0 Å². The number of likely N-dealkylation sites (N-methyl/N-ethyl adjacent to an activating group) is 1. The number of nitrogens with one attached hydrogen (secondary N) is 1. The maximum absolute atomic E-state index is 12.8. The van der Waals surface area contributed by atoms with Gasteiger partial charge in [-0.3, -0.25) is 19.5 Å². The van der Waals surface area contributed by atoms with Gasteiger partial charge in [0.25, 0.3) is 0 Å². The smallest absolute Gasteiger partial charge is 0.247 e. The molecular weight excluding hydrogens is 324 g/mol.